The molecule has 15 heavy (non-hydrogen) atoms. The molecular formula is C11H17ClN2O. The van der Waals surface area contributed by atoms with E-state index in [2.05, 4.69) is 17.2 Å². The first-order valence-electron chi connectivity index (χ1n) is 5.47. The molecule has 84 valence electrons. The molecule has 1 saturated heterocycles. The second-order valence-corrected chi connectivity index (χ2v) is 5.11. The average Bonchev–Trinajstić information content (AvgIpc) is 2.72. The maximum absolute atomic E-state index is 12.1. The Morgan fingerprint density at radius 1 is 1.67 bits per heavy atom. The van der Waals surface area contributed by atoms with Crippen LogP contribution in [-0.4, -0.2) is 25.5 Å². The first kappa shape index (κ1) is 11.0. The van der Waals surface area contributed by atoms with Gasteiger partial charge in [0.1, 0.15) is 0 Å². The van der Waals surface area contributed by atoms with Crippen molar-refractivity contribution in [2.45, 2.75) is 19.3 Å². The number of hydrogen-bond donors (Lipinski definition) is 2. The van der Waals surface area contributed by atoms with Gasteiger partial charge in [0.05, 0.1) is 12.0 Å². The van der Waals surface area contributed by atoms with Crippen LogP contribution in [0, 0.1) is 11.3 Å². The summed E-state index contributed by atoms with van der Waals surface area (Å²) >= 11 is 5.64. The highest BCUT2D eigenvalue weighted by Crippen LogP contribution is 2.45. The Labute approximate surface area is 95.3 Å². The number of nitrogens with one attached hydrogen (secondary N) is 2. The van der Waals surface area contributed by atoms with Gasteiger partial charge >= 0.3 is 0 Å². The number of fused-ring (bicyclic) bond motifs is 1. The van der Waals surface area contributed by atoms with Crippen LogP contribution in [0.3, 0.4) is 0 Å². The molecule has 0 aromatic carbocycles. The van der Waals surface area contributed by atoms with Crippen molar-refractivity contribution in [3.63, 3.8) is 0 Å². The molecule has 2 fully saturated rings. The number of hydrogen-bond acceptors (Lipinski definition) is 2. The third-order valence-electron chi connectivity index (χ3n) is 3.68. The van der Waals surface area contributed by atoms with Crippen molar-refractivity contribution in [1.29, 1.82) is 0 Å². The molecule has 1 saturated carbocycles. The third kappa shape index (κ3) is 1.91. The Kier molecular flexibility index (Phi) is 3.03. The van der Waals surface area contributed by atoms with Crippen molar-refractivity contribution in [3.05, 3.63) is 11.6 Å². The van der Waals surface area contributed by atoms with Crippen LogP contribution in [0.5, 0.6) is 0 Å². The molecule has 2 rings (SSSR count). The molecular weight excluding hydrogens is 212 g/mol. The SMILES string of the molecule is C=C(Cl)CNC(=O)[C@@]12CCC[C@@H]1CNC2. The van der Waals surface area contributed by atoms with Crippen LogP contribution in [0.2, 0.25) is 0 Å². The van der Waals surface area contributed by atoms with Crippen LogP contribution in [0.15, 0.2) is 11.6 Å². The molecule has 3 nitrogen and oxygen atoms in total. The monoisotopic (exact) mass is 228 g/mol. The van der Waals surface area contributed by atoms with E-state index >= 15 is 0 Å². The van der Waals surface area contributed by atoms with Crippen molar-refractivity contribution < 1.29 is 4.79 Å². The minimum Gasteiger partial charge on any atom is -0.351 e. The van der Waals surface area contributed by atoms with Crippen LogP contribution >= 0.6 is 11.6 Å². The lowest BCUT2D eigenvalue weighted by molar-refractivity contribution is -0.131. The van der Waals surface area contributed by atoms with Gasteiger partial charge in [-0.15, -0.1) is 0 Å². The summed E-state index contributed by atoms with van der Waals surface area (Å²) in [4.78, 5) is 12.1. The Bertz CT molecular complexity index is 280. The van der Waals surface area contributed by atoms with Gasteiger partial charge in [-0.3, -0.25) is 4.79 Å². The lowest BCUT2D eigenvalue weighted by Gasteiger charge is -2.26. The number of carbonyl (C=O) groups excluding carboxylic acids is 1. The third-order valence-corrected chi connectivity index (χ3v) is 3.81. The molecule has 0 unspecified atom stereocenters. The highest BCUT2D eigenvalue weighted by atomic mass is 35.5. The van der Waals surface area contributed by atoms with Crippen molar-refractivity contribution in [2.75, 3.05) is 19.6 Å². The largest absolute Gasteiger partial charge is 0.351 e. The molecule has 0 radical (unpaired) electrons. The van der Waals surface area contributed by atoms with Crippen molar-refractivity contribution >= 4 is 17.5 Å². The average molecular weight is 229 g/mol. The molecule has 0 bridgehead atoms. The fourth-order valence-electron chi connectivity index (χ4n) is 2.88. The second-order valence-electron chi connectivity index (χ2n) is 4.58. The van der Waals surface area contributed by atoms with E-state index in [0.29, 0.717) is 17.5 Å². The predicted octanol–water partition coefficient (Wildman–Crippen LogP) is 1.24. The van der Waals surface area contributed by atoms with Gasteiger partial charge in [0.25, 0.3) is 0 Å². The van der Waals surface area contributed by atoms with E-state index in [1.165, 1.54) is 12.8 Å². The van der Waals surface area contributed by atoms with Crippen LogP contribution < -0.4 is 10.6 Å². The van der Waals surface area contributed by atoms with Crippen LogP contribution in [0.4, 0.5) is 0 Å². The van der Waals surface area contributed by atoms with Crippen molar-refractivity contribution in [3.8, 4) is 0 Å². The van der Waals surface area contributed by atoms with E-state index in [9.17, 15) is 4.79 Å². The topological polar surface area (TPSA) is 41.1 Å². The van der Waals surface area contributed by atoms with E-state index in [0.717, 1.165) is 19.5 Å². The molecule has 2 N–H and O–H groups in total. The van der Waals surface area contributed by atoms with Gasteiger partial charge in [0.2, 0.25) is 5.91 Å². The minimum atomic E-state index is -0.160. The van der Waals surface area contributed by atoms with E-state index in [1.54, 1.807) is 0 Å². The summed E-state index contributed by atoms with van der Waals surface area (Å²) in [6.07, 6.45) is 3.34. The van der Waals surface area contributed by atoms with Gasteiger partial charge < -0.3 is 10.6 Å². The Balaban J connectivity index is 2.01. The summed E-state index contributed by atoms with van der Waals surface area (Å²) in [5.41, 5.74) is -0.160. The lowest BCUT2D eigenvalue weighted by atomic mass is 9.80. The number of carbonyl (C=O) groups is 1. The van der Waals surface area contributed by atoms with Crippen molar-refractivity contribution in [2.24, 2.45) is 11.3 Å². The second kappa shape index (κ2) is 4.14. The Morgan fingerprint density at radius 2 is 2.47 bits per heavy atom. The van der Waals surface area contributed by atoms with Crippen molar-refractivity contribution in [1.82, 2.24) is 10.6 Å². The summed E-state index contributed by atoms with van der Waals surface area (Å²) in [7, 11) is 0. The molecule has 2 aliphatic rings. The summed E-state index contributed by atoms with van der Waals surface area (Å²) in [5.74, 6) is 0.665. The minimum absolute atomic E-state index is 0.150. The van der Waals surface area contributed by atoms with E-state index in [-0.39, 0.29) is 11.3 Å². The van der Waals surface area contributed by atoms with Gasteiger partial charge in [-0.25, -0.2) is 0 Å². The van der Waals surface area contributed by atoms with Gasteiger partial charge in [-0.05, 0) is 25.3 Å². The van der Waals surface area contributed by atoms with Gasteiger partial charge in [-0.1, -0.05) is 24.6 Å². The van der Waals surface area contributed by atoms with Crippen LogP contribution in [-0.2, 0) is 4.79 Å². The highest BCUT2D eigenvalue weighted by Gasteiger charge is 2.51. The molecule has 1 heterocycles. The van der Waals surface area contributed by atoms with E-state index in [1.807, 2.05) is 0 Å². The number of rotatable bonds is 3. The van der Waals surface area contributed by atoms with Crippen LogP contribution in [0.1, 0.15) is 19.3 Å². The molecule has 1 amide bonds. The van der Waals surface area contributed by atoms with Gasteiger partial charge in [-0.2, -0.15) is 0 Å². The van der Waals surface area contributed by atoms with E-state index in [4.69, 9.17) is 11.6 Å². The fourth-order valence-corrected chi connectivity index (χ4v) is 2.94. The summed E-state index contributed by atoms with van der Waals surface area (Å²) < 4.78 is 0. The molecule has 4 heteroatoms. The summed E-state index contributed by atoms with van der Waals surface area (Å²) in [6.45, 7) is 5.75. The zero-order valence-corrected chi connectivity index (χ0v) is 9.57. The normalized spacial score (nSPS) is 33.8. The smallest absolute Gasteiger partial charge is 0.228 e. The van der Waals surface area contributed by atoms with Gasteiger partial charge in [0, 0.05) is 11.6 Å². The first-order valence-corrected chi connectivity index (χ1v) is 5.85. The Hall–Kier alpha value is -0.540. The van der Waals surface area contributed by atoms with Gasteiger partial charge in [0.15, 0.2) is 0 Å². The molecule has 1 aliphatic carbocycles. The molecule has 1 aliphatic heterocycles. The quantitative estimate of drug-likeness (QED) is 0.764. The summed E-state index contributed by atoms with van der Waals surface area (Å²) in [5, 5.41) is 6.68. The number of halogens is 1. The predicted molar refractivity (Wildman–Crippen MR) is 60.6 cm³/mol. The fraction of sp³-hybridized carbons (Fsp3) is 0.727. The maximum Gasteiger partial charge on any atom is 0.228 e. The molecule has 2 atom stereocenters. The van der Waals surface area contributed by atoms with Crippen LogP contribution in [0.25, 0.3) is 0 Å². The maximum atomic E-state index is 12.1. The lowest BCUT2D eigenvalue weighted by Crippen LogP contribution is -2.44. The highest BCUT2D eigenvalue weighted by molar-refractivity contribution is 6.29. The molecule has 0 aromatic heterocycles. The zero-order valence-electron chi connectivity index (χ0n) is 8.81. The summed E-state index contributed by atoms with van der Waals surface area (Å²) in [6, 6.07) is 0. The first-order chi connectivity index (χ1) is 7.15. The molecule has 0 aromatic rings. The zero-order chi connectivity index (χ0) is 10.9. The molecule has 0 spiro atoms. The van der Waals surface area contributed by atoms with E-state index < -0.39 is 0 Å². The Morgan fingerprint density at radius 3 is 3.20 bits per heavy atom. The number of amides is 1. The standard InChI is InChI=1S/C11H17ClN2O/c1-8(12)5-14-10(15)11-4-2-3-9(11)6-13-7-11/h9,13H,1-7H2,(H,14,15)/t9-,11-/m1/s1.